The number of fused-ring (bicyclic) bond motifs is 1. The van der Waals surface area contributed by atoms with Crippen molar-refractivity contribution in [2.24, 2.45) is 0 Å². The highest BCUT2D eigenvalue weighted by atomic mass is 15.0. The molecule has 2 rings (SSSR count). The van der Waals surface area contributed by atoms with E-state index < -0.39 is 0 Å². The van der Waals surface area contributed by atoms with Crippen LogP contribution in [0.2, 0.25) is 0 Å². The Morgan fingerprint density at radius 3 is 3.08 bits per heavy atom. The second kappa shape index (κ2) is 3.17. The topological polar surface area (TPSA) is 30.2 Å². The maximum atomic E-state index is 4.51. The van der Waals surface area contributed by atoms with Crippen LogP contribution >= 0.6 is 0 Å². The van der Waals surface area contributed by atoms with Gasteiger partial charge >= 0.3 is 0 Å². The van der Waals surface area contributed by atoms with Gasteiger partial charge in [0.2, 0.25) is 0 Å². The maximum absolute atomic E-state index is 4.51. The van der Waals surface area contributed by atoms with E-state index in [2.05, 4.69) is 30.0 Å². The standard InChI is InChI=1S/C10H13N3/c1-3-8(2)9-6-13-7-11-5-4-10(13)12-9/h4-8H,3H2,1-2H3. The molecule has 1 atom stereocenters. The summed E-state index contributed by atoms with van der Waals surface area (Å²) in [6.45, 7) is 4.36. The fourth-order valence-corrected chi connectivity index (χ4v) is 1.31. The van der Waals surface area contributed by atoms with Crippen LogP contribution < -0.4 is 0 Å². The molecular formula is C10H13N3. The molecule has 0 aliphatic rings. The summed E-state index contributed by atoms with van der Waals surface area (Å²) in [4.78, 5) is 8.54. The van der Waals surface area contributed by atoms with Crippen molar-refractivity contribution >= 4 is 5.65 Å². The monoisotopic (exact) mass is 175 g/mol. The molecule has 2 heterocycles. The molecule has 0 N–H and O–H groups in total. The summed E-state index contributed by atoms with van der Waals surface area (Å²) < 4.78 is 1.96. The highest BCUT2D eigenvalue weighted by Crippen LogP contribution is 2.17. The number of imidazole rings is 1. The molecule has 0 amide bonds. The van der Waals surface area contributed by atoms with Gasteiger partial charge in [-0.2, -0.15) is 0 Å². The number of nitrogens with zero attached hydrogens (tertiary/aromatic N) is 3. The summed E-state index contributed by atoms with van der Waals surface area (Å²) in [5.74, 6) is 0.528. The molecule has 13 heavy (non-hydrogen) atoms. The van der Waals surface area contributed by atoms with Gasteiger partial charge in [-0.25, -0.2) is 9.97 Å². The highest BCUT2D eigenvalue weighted by Gasteiger charge is 2.06. The lowest BCUT2D eigenvalue weighted by Gasteiger charge is -2.01. The summed E-state index contributed by atoms with van der Waals surface area (Å²) in [5.41, 5.74) is 2.13. The van der Waals surface area contributed by atoms with Crippen molar-refractivity contribution in [2.75, 3.05) is 0 Å². The Morgan fingerprint density at radius 2 is 2.38 bits per heavy atom. The molecule has 1 unspecified atom stereocenters. The maximum Gasteiger partial charge on any atom is 0.139 e. The average Bonchev–Trinajstić information content (AvgIpc) is 2.59. The van der Waals surface area contributed by atoms with Crippen molar-refractivity contribution in [3.63, 3.8) is 0 Å². The second-order valence-electron chi connectivity index (χ2n) is 3.32. The van der Waals surface area contributed by atoms with Crippen molar-refractivity contribution in [3.05, 3.63) is 30.5 Å². The van der Waals surface area contributed by atoms with Gasteiger partial charge in [0.15, 0.2) is 0 Å². The molecule has 2 aromatic rings. The molecule has 0 spiro atoms. The minimum absolute atomic E-state index is 0.528. The number of hydrogen-bond donors (Lipinski definition) is 0. The van der Waals surface area contributed by atoms with E-state index in [4.69, 9.17) is 0 Å². The van der Waals surface area contributed by atoms with E-state index in [1.54, 1.807) is 12.5 Å². The van der Waals surface area contributed by atoms with Gasteiger partial charge in [-0.05, 0) is 18.4 Å². The van der Waals surface area contributed by atoms with Crippen molar-refractivity contribution in [2.45, 2.75) is 26.2 Å². The number of rotatable bonds is 2. The van der Waals surface area contributed by atoms with Crippen LogP contribution in [0, 0.1) is 0 Å². The predicted octanol–water partition coefficient (Wildman–Crippen LogP) is 2.24. The fourth-order valence-electron chi connectivity index (χ4n) is 1.31. The molecule has 0 saturated heterocycles. The zero-order chi connectivity index (χ0) is 9.26. The van der Waals surface area contributed by atoms with Crippen LogP contribution in [-0.4, -0.2) is 14.4 Å². The highest BCUT2D eigenvalue weighted by molar-refractivity contribution is 5.38. The van der Waals surface area contributed by atoms with Crippen LogP contribution in [0.15, 0.2) is 24.8 Å². The zero-order valence-corrected chi connectivity index (χ0v) is 7.94. The Morgan fingerprint density at radius 1 is 1.54 bits per heavy atom. The van der Waals surface area contributed by atoms with E-state index in [0.29, 0.717) is 5.92 Å². The lowest BCUT2D eigenvalue weighted by atomic mass is 10.1. The van der Waals surface area contributed by atoms with Gasteiger partial charge in [0, 0.05) is 12.4 Å². The Kier molecular flexibility index (Phi) is 2.00. The summed E-state index contributed by atoms with van der Waals surface area (Å²) in [6, 6.07) is 1.92. The van der Waals surface area contributed by atoms with Crippen molar-refractivity contribution in [1.82, 2.24) is 14.4 Å². The minimum atomic E-state index is 0.528. The van der Waals surface area contributed by atoms with Crippen LogP contribution in [0.3, 0.4) is 0 Å². The van der Waals surface area contributed by atoms with Gasteiger partial charge in [-0.15, -0.1) is 0 Å². The van der Waals surface area contributed by atoms with Crippen LogP contribution in [0.4, 0.5) is 0 Å². The summed E-state index contributed by atoms with van der Waals surface area (Å²) in [5, 5.41) is 0. The van der Waals surface area contributed by atoms with E-state index in [9.17, 15) is 0 Å². The Labute approximate surface area is 77.4 Å². The first kappa shape index (κ1) is 8.23. The number of hydrogen-bond acceptors (Lipinski definition) is 2. The first-order valence-electron chi connectivity index (χ1n) is 4.60. The normalized spacial score (nSPS) is 13.4. The predicted molar refractivity (Wildman–Crippen MR) is 51.7 cm³/mol. The second-order valence-corrected chi connectivity index (χ2v) is 3.32. The smallest absolute Gasteiger partial charge is 0.139 e. The van der Waals surface area contributed by atoms with Crippen molar-refractivity contribution < 1.29 is 0 Å². The summed E-state index contributed by atoms with van der Waals surface area (Å²) in [7, 11) is 0. The molecule has 0 fully saturated rings. The van der Waals surface area contributed by atoms with Crippen LogP contribution in [0.5, 0.6) is 0 Å². The molecule has 0 saturated carbocycles. The molecule has 0 bridgehead atoms. The van der Waals surface area contributed by atoms with E-state index in [-0.39, 0.29) is 0 Å². The molecule has 3 nitrogen and oxygen atoms in total. The quantitative estimate of drug-likeness (QED) is 0.700. The van der Waals surface area contributed by atoms with E-state index >= 15 is 0 Å². The fraction of sp³-hybridized carbons (Fsp3) is 0.400. The molecule has 2 aromatic heterocycles. The molecule has 0 aliphatic heterocycles. The van der Waals surface area contributed by atoms with Gasteiger partial charge < -0.3 is 0 Å². The third kappa shape index (κ3) is 1.41. The van der Waals surface area contributed by atoms with Crippen LogP contribution in [0.1, 0.15) is 31.9 Å². The lowest BCUT2D eigenvalue weighted by molar-refractivity contribution is 0.714. The van der Waals surface area contributed by atoms with Gasteiger partial charge in [0.05, 0.1) is 5.69 Å². The van der Waals surface area contributed by atoms with Gasteiger partial charge in [0.25, 0.3) is 0 Å². The third-order valence-corrected chi connectivity index (χ3v) is 2.40. The largest absolute Gasteiger partial charge is 0.290 e. The van der Waals surface area contributed by atoms with Gasteiger partial charge in [0.1, 0.15) is 12.0 Å². The Balaban J connectivity index is 2.49. The number of aromatic nitrogens is 3. The molecule has 0 radical (unpaired) electrons. The zero-order valence-electron chi connectivity index (χ0n) is 7.94. The minimum Gasteiger partial charge on any atom is -0.290 e. The van der Waals surface area contributed by atoms with Gasteiger partial charge in [-0.3, -0.25) is 4.40 Å². The van der Waals surface area contributed by atoms with Gasteiger partial charge in [-0.1, -0.05) is 13.8 Å². The molecule has 0 aromatic carbocycles. The van der Waals surface area contributed by atoms with Crippen LogP contribution in [-0.2, 0) is 0 Å². The van der Waals surface area contributed by atoms with E-state index in [1.165, 1.54) is 0 Å². The molecule has 0 aliphatic carbocycles. The SMILES string of the molecule is CCC(C)c1cn2cnccc2n1. The molecule has 3 heteroatoms. The third-order valence-electron chi connectivity index (χ3n) is 2.40. The summed E-state index contributed by atoms with van der Waals surface area (Å²) >= 11 is 0. The van der Waals surface area contributed by atoms with E-state index in [1.807, 2.05) is 10.5 Å². The Hall–Kier alpha value is -1.38. The molecule has 68 valence electrons. The average molecular weight is 175 g/mol. The van der Waals surface area contributed by atoms with Crippen LogP contribution in [0.25, 0.3) is 5.65 Å². The first-order chi connectivity index (χ1) is 6.31. The Bertz CT molecular complexity index is 372. The van der Waals surface area contributed by atoms with Crippen molar-refractivity contribution in [1.29, 1.82) is 0 Å². The first-order valence-corrected chi connectivity index (χ1v) is 4.60. The molecular weight excluding hydrogens is 162 g/mol. The summed E-state index contributed by atoms with van der Waals surface area (Å²) in [6.07, 6.45) is 6.73. The lowest BCUT2D eigenvalue weighted by Crippen LogP contribution is -1.89. The van der Waals surface area contributed by atoms with Crippen molar-refractivity contribution in [3.8, 4) is 0 Å². The van der Waals surface area contributed by atoms with E-state index in [0.717, 1.165) is 17.8 Å².